The van der Waals surface area contributed by atoms with Gasteiger partial charge in [-0.05, 0) is 58.4 Å². The number of halogens is 3. The van der Waals surface area contributed by atoms with Gasteiger partial charge in [0, 0.05) is 5.56 Å². The van der Waals surface area contributed by atoms with Crippen molar-refractivity contribution in [1.29, 1.82) is 0 Å². The molecule has 0 aliphatic carbocycles. The number of benzene rings is 2. The SMILES string of the molecule is COc1cc(-c2nnc(-c3ccc(COc4ccccc4Br)o3)o2)ccc1OC(F)F. The van der Waals surface area contributed by atoms with Crippen molar-refractivity contribution in [3.05, 3.63) is 64.8 Å². The predicted octanol–water partition coefficient (Wildman–Crippen LogP) is 5.95. The summed E-state index contributed by atoms with van der Waals surface area (Å²) in [5.74, 6) is 1.97. The maximum absolute atomic E-state index is 12.5. The lowest BCUT2D eigenvalue weighted by Gasteiger charge is -2.10. The molecule has 4 aromatic rings. The standard InChI is InChI=1S/C21H15BrF2N2O5/c1-27-18-10-12(6-8-16(18)30-21(23)24)19-25-26-20(31-19)17-9-7-13(29-17)11-28-15-5-3-2-4-14(15)22/h2-10,21H,11H2,1H3. The van der Waals surface area contributed by atoms with Crippen molar-refractivity contribution >= 4 is 15.9 Å². The molecule has 0 amide bonds. The van der Waals surface area contributed by atoms with E-state index in [0.29, 0.717) is 22.8 Å². The van der Waals surface area contributed by atoms with Crippen LogP contribution in [0.5, 0.6) is 17.2 Å². The molecule has 0 fully saturated rings. The van der Waals surface area contributed by atoms with E-state index < -0.39 is 6.61 Å². The molecule has 0 bridgehead atoms. The summed E-state index contributed by atoms with van der Waals surface area (Å²) in [6.45, 7) is -2.75. The first-order valence-corrected chi connectivity index (χ1v) is 9.76. The average molecular weight is 493 g/mol. The van der Waals surface area contributed by atoms with Crippen LogP contribution in [0.15, 0.2) is 67.9 Å². The number of alkyl halides is 2. The van der Waals surface area contributed by atoms with E-state index in [1.807, 2.05) is 24.3 Å². The minimum atomic E-state index is -2.96. The molecule has 10 heteroatoms. The summed E-state index contributed by atoms with van der Waals surface area (Å²) in [5, 5.41) is 7.97. The van der Waals surface area contributed by atoms with Crippen LogP contribution in [0.1, 0.15) is 5.76 Å². The summed E-state index contributed by atoms with van der Waals surface area (Å²) in [4.78, 5) is 0. The zero-order chi connectivity index (χ0) is 21.8. The summed E-state index contributed by atoms with van der Waals surface area (Å²) in [5.41, 5.74) is 0.473. The number of furan rings is 1. The van der Waals surface area contributed by atoms with Gasteiger partial charge in [-0.2, -0.15) is 8.78 Å². The third-order valence-electron chi connectivity index (χ3n) is 4.13. The zero-order valence-electron chi connectivity index (χ0n) is 16.1. The minimum absolute atomic E-state index is 0.0956. The van der Waals surface area contributed by atoms with E-state index in [1.54, 1.807) is 12.1 Å². The quantitative estimate of drug-likeness (QED) is 0.300. The van der Waals surface area contributed by atoms with Crippen LogP contribution in [0.4, 0.5) is 8.78 Å². The highest BCUT2D eigenvalue weighted by molar-refractivity contribution is 9.10. The molecule has 0 unspecified atom stereocenters. The van der Waals surface area contributed by atoms with Crippen LogP contribution in [0.2, 0.25) is 0 Å². The normalized spacial score (nSPS) is 11.0. The smallest absolute Gasteiger partial charge is 0.387 e. The predicted molar refractivity (Wildman–Crippen MR) is 109 cm³/mol. The van der Waals surface area contributed by atoms with E-state index in [0.717, 1.165) is 4.47 Å². The van der Waals surface area contributed by atoms with Crippen molar-refractivity contribution in [3.8, 4) is 40.4 Å². The number of aromatic nitrogens is 2. The van der Waals surface area contributed by atoms with Crippen LogP contribution >= 0.6 is 15.9 Å². The number of rotatable bonds is 8. The monoisotopic (exact) mass is 492 g/mol. The third-order valence-corrected chi connectivity index (χ3v) is 4.79. The van der Waals surface area contributed by atoms with E-state index in [2.05, 4.69) is 30.9 Å². The second kappa shape index (κ2) is 9.17. The molecule has 0 atom stereocenters. The summed E-state index contributed by atoms with van der Waals surface area (Å²) >= 11 is 3.42. The molecular weight excluding hydrogens is 478 g/mol. The number of hydrogen-bond acceptors (Lipinski definition) is 7. The fourth-order valence-electron chi connectivity index (χ4n) is 2.71. The number of para-hydroxylation sites is 1. The molecule has 0 radical (unpaired) electrons. The van der Waals surface area contributed by atoms with Crippen molar-refractivity contribution in [2.45, 2.75) is 13.2 Å². The van der Waals surface area contributed by atoms with Crippen LogP contribution in [-0.4, -0.2) is 23.9 Å². The van der Waals surface area contributed by atoms with Crippen LogP contribution < -0.4 is 14.2 Å². The van der Waals surface area contributed by atoms with Gasteiger partial charge in [0.05, 0.1) is 11.6 Å². The van der Waals surface area contributed by atoms with E-state index >= 15 is 0 Å². The van der Waals surface area contributed by atoms with E-state index in [9.17, 15) is 8.78 Å². The highest BCUT2D eigenvalue weighted by Gasteiger charge is 2.17. The number of ether oxygens (including phenoxy) is 3. The van der Waals surface area contributed by atoms with Gasteiger partial charge < -0.3 is 23.0 Å². The van der Waals surface area contributed by atoms with Gasteiger partial charge >= 0.3 is 6.61 Å². The van der Waals surface area contributed by atoms with Crippen LogP contribution in [-0.2, 0) is 6.61 Å². The molecule has 0 saturated carbocycles. The highest BCUT2D eigenvalue weighted by Crippen LogP contribution is 2.34. The van der Waals surface area contributed by atoms with Gasteiger partial charge in [-0.25, -0.2) is 0 Å². The van der Waals surface area contributed by atoms with Crippen LogP contribution in [0.3, 0.4) is 0 Å². The van der Waals surface area contributed by atoms with Crippen molar-refractivity contribution in [2.75, 3.05) is 7.11 Å². The van der Waals surface area contributed by atoms with Gasteiger partial charge in [0.25, 0.3) is 5.89 Å². The molecule has 2 aromatic heterocycles. The Hall–Kier alpha value is -3.40. The largest absolute Gasteiger partial charge is 0.493 e. The van der Waals surface area contributed by atoms with Gasteiger partial charge in [0.1, 0.15) is 18.1 Å². The second-order valence-electron chi connectivity index (χ2n) is 6.14. The minimum Gasteiger partial charge on any atom is -0.493 e. The summed E-state index contributed by atoms with van der Waals surface area (Å²) < 4.78 is 52.4. The van der Waals surface area contributed by atoms with E-state index in [-0.39, 0.29) is 29.9 Å². The van der Waals surface area contributed by atoms with Crippen molar-refractivity contribution < 1.29 is 31.8 Å². The van der Waals surface area contributed by atoms with E-state index in [4.69, 9.17) is 18.3 Å². The van der Waals surface area contributed by atoms with Crippen LogP contribution in [0, 0.1) is 0 Å². The lowest BCUT2D eigenvalue weighted by Crippen LogP contribution is -2.03. The Morgan fingerprint density at radius 3 is 2.52 bits per heavy atom. The van der Waals surface area contributed by atoms with Gasteiger partial charge in [0.2, 0.25) is 5.89 Å². The van der Waals surface area contributed by atoms with Crippen molar-refractivity contribution in [3.63, 3.8) is 0 Å². The molecule has 0 spiro atoms. The van der Waals surface area contributed by atoms with E-state index in [1.165, 1.54) is 25.3 Å². The number of methoxy groups -OCH3 is 1. The molecule has 0 aliphatic heterocycles. The Balaban J connectivity index is 1.48. The van der Waals surface area contributed by atoms with Gasteiger partial charge in [0.15, 0.2) is 17.3 Å². The zero-order valence-corrected chi connectivity index (χ0v) is 17.6. The Labute approximate surface area is 183 Å². The first-order chi connectivity index (χ1) is 15.0. The van der Waals surface area contributed by atoms with Crippen LogP contribution in [0.25, 0.3) is 23.1 Å². The summed E-state index contributed by atoms with van der Waals surface area (Å²) in [6.07, 6.45) is 0. The Bertz CT molecular complexity index is 1180. The lowest BCUT2D eigenvalue weighted by atomic mass is 10.2. The highest BCUT2D eigenvalue weighted by atomic mass is 79.9. The molecule has 31 heavy (non-hydrogen) atoms. The molecule has 160 valence electrons. The Morgan fingerprint density at radius 2 is 1.74 bits per heavy atom. The number of nitrogens with zero attached hydrogens (tertiary/aromatic N) is 2. The molecule has 7 nitrogen and oxygen atoms in total. The molecule has 2 heterocycles. The summed E-state index contributed by atoms with van der Waals surface area (Å²) in [7, 11) is 1.34. The lowest BCUT2D eigenvalue weighted by molar-refractivity contribution is -0.0512. The maximum Gasteiger partial charge on any atom is 0.387 e. The van der Waals surface area contributed by atoms with Crippen molar-refractivity contribution in [1.82, 2.24) is 10.2 Å². The topological polar surface area (TPSA) is 79.8 Å². The number of hydrogen-bond donors (Lipinski definition) is 0. The van der Waals surface area contributed by atoms with Crippen molar-refractivity contribution in [2.24, 2.45) is 0 Å². The fraction of sp³-hybridized carbons (Fsp3) is 0.143. The Kier molecular flexibility index (Phi) is 6.17. The molecular formula is C21H15BrF2N2O5. The van der Waals surface area contributed by atoms with Gasteiger partial charge in [-0.3, -0.25) is 0 Å². The maximum atomic E-state index is 12.5. The third kappa shape index (κ3) is 4.85. The molecule has 0 N–H and O–H groups in total. The second-order valence-corrected chi connectivity index (χ2v) is 7.00. The summed E-state index contributed by atoms with van der Waals surface area (Å²) in [6, 6.07) is 15.2. The average Bonchev–Trinajstić information content (AvgIpc) is 3.43. The Morgan fingerprint density at radius 1 is 0.935 bits per heavy atom. The first kappa shape index (κ1) is 20.9. The molecule has 0 aliphatic rings. The molecule has 4 rings (SSSR count). The fourth-order valence-corrected chi connectivity index (χ4v) is 3.11. The molecule has 2 aromatic carbocycles. The van der Waals surface area contributed by atoms with Gasteiger partial charge in [-0.1, -0.05) is 12.1 Å². The first-order valence-electron chi connectivity index (χ1n) is 8.96. The molecule has 0 saturated heterocycles. The van der Waals surface area contributed by atoms with Gasteiger partial charge in [-0.15, -0.1) is 10.2 Å².